The van der Waals surface area contributed by atoms with E-state index in [0.717, 1.165) is 186 Å². The van der Waals surface area contributed by atoms with Crippen molar-refractivity contribution in [3.8, 4) is 0 Å². The third-order valence-corrected chi connectivity index (χ3v) is 18.7. The molecule has 19 heteroatoms. The second-order valence-corrected chi connectivity index (χ2v) is 29.5. The molecule has 100 heavy (non-hydrogen) atoms. The predicted octanol–water partition coefficient (Wildman–Crippen LogP) is 23.0. The number of aliphatic hydroxyl groups is 1. The first-order valence-electron chi connectivity index (χ1n) is 39.8. The maximum absolute atomic E-state index is 13.1. The van der Waals surface area contributed by atoms with Crippen molar-refractivity contribution in [2.75, 3.05) is 39.6 Å². The monoisotopic (exact) mass is 1450 g/mol. The second kappa shape index (κ2) is 73.5. The van der Waals surface area contributed by atoms with Crippen LogP contribution in [-0.2, 0) is 65.4 Å². The summed E-state index contributed by atoms with van der Waals surface area (Å²) in [6, 6.07) is 0. The number of carbonyl (C=O) groups excluding carboxylic acids is 4. The smallest absolute Gasteiger partial charge is 0.462 e. The molecule has 5 atom stereocenters. The molecule has 0 aromatic rings. The van der Waals surface area contributed by atoms with Gasteiger partial charge < -0.3 is 33.8 Å². The van der Waals surface area contributed by atoms with Gasteiger partial charge in [0.15, 0.2) is 12.2 Å². The van der Waals surface area contributed by atoms with E-state index >= 15 is 0 Å². The largest absolute Gasteiger partial charge is 0.472 e. The Morgan fingerprint density at radius 3 is 0.860 bits per heavy atom. The van der Waals surface area contributed by atoms with Crippen molar-refractivity contribution >= 4 is 39.5 Å². The summed E-state index contributed by atoms with van der Waals surface area (Å²) in [5.74, 6) is -2.19. The molecule has 0 bridgehead atoms. The maximum Gasteiger partial charge on any atom is 0.472 e. The summed E-state index contributed by atoms with van der Waals surface area (Å²) in [6.45, 7) is 4.69. The van der Waals surface area contributed by atoms with E-state index < -0.39 is 97.5 Å². The number of phosphoric acid groups is 2. The number of ether oxygens (including phenoxy) is 4. The van der Waals surface area contributed by atoms with Gasteiger partial charge in [0, 0.05) is 25.7 Å². The minimum atomic E-state index is -4.98. The van der Waals surface area contributed by atoms with E-state index in [9.17, 15) is 43.2 Å². The van der Waals surface area contributed by atoms with Gasteiger partial charge in [-0.1, -0.05) is 293 Å². The van der Waals surface area contributed by atoms with E-state index in [-0.39, 0.29) is 25.7 Å². The average molecular weight is 1450 g/mol. The van der Waals surface area contributed by atoms with Gasteiger partial charge >= 0.3 is 39.5 Å². The lowest BCUT2D eigenvalue weighted by molar-refractivity contribution is -0.161. The molecule has 0 aliphatic heterocycles. The standard InChI is InChI=1S/C81H144O17P2/c1-5-9-13-17-21-25-29-33-36-37-40-43-46-50-54-58-62-66-79(84)92-71-76(97-80(85)67-63-59-55-51-47-41-32-28-24-20-16-12-8-4)73-95-99(87,88)93-69-75(82)70-94-100(89,90)96-74-77(98-81(86)68-64-60-56-52-48-44-39-35-31-27-23-19-15-11-7-3)72-91-78(83)65-61-57-53-49-45-42-38-34-30-26-22-18-14-10-6-2/h9,13,16,20-22,25-26,28,32-34,36,38,75-77,82H,5-8,10-12,14-15,17-19,23-24,27,29-31,35,37,39-74H2,1-4H3,(H,87,88)(H,89,90)/b13-9-,20-16-,25-21-,26-22-,32-28-,36-33-,38-34-. The van der Waals surface area contributed by atoms with Gasteiger partial charge in [-0.2, -0.15) is 0 Å². The third kappa shape index (κ3) is 72.6. The van der Waals surface area contributed by atoms with Crippen LogP contribution in [0.5, 0.6) is 0 Å². The maximum atomic E-state index is 13.1. The van der Waals surface area contributed by atoms with Crippen LogP contribution in [0, 0.1) is 0 Å². The summed E-state index contributed by atoms with van der Waals surface area (Å²) in [7, 11) is -9.95. The van der Waals surface area contributed by atoms with Crippen molar-refractivity contribution in [3.63, 3.8) is 0 Å². The summed E-state index contributed by atoms with van der Waals surface area (Å²) in [5, 5.41) is 10.6. The molecule has 0 amide bonds. The van der Waals surface area contributed by atoms with Crippen LogP contribution in [0.2, 0.25) is 0 Å². The van der Waals surface area contributed by atoms with Crippen LogP contribution >= 0.6 is 15.6 Å². The van der Waals surface area contributed by atoms with Crippen LogP contribution in [-0.4, -0.2) is 96.7 Å². The van der Waals surface area contributed by atoms with E-state index in [1.807, 2.05) is 0 Å². The highest BCUT2D eigenvalue weighted by Crippen LogP contribution is 2.45. The highest BCUT2D eigenvalue weighted by Gasteiger charge is 2.30. The number of unbranched alkanes of at least 4 members (excludes halogenated alkanes) is 35. The number of hydrogen-bond acceptors (Lipinski definition) is 15. The highest BCUT2D eigenvalue weighted by atomic mass is 31.2. The van der Waals surface area contributed by atoms with Crippen LogP contribution in [0.4, 0.5) is 0 Å². The zero-order valence-corrected chi connectivity index (χ0v) is 65.2. The van der Waals surface area contributed by atoms with Gasteiger partial charge in [0.1, 0.15) is 19.3 Å². The zero-order valence-electron chi connectivity index (χ0n) is 63.4. The Morgan fingerprint density at radius 2 is 0.540 bits per heavy atom. The van der Waals surface area contributed by atoms with E-state index in [4.69, 9.17) is 37.0 Å². The van der Waals surface area contributed by atoms with Gasteiger partial charge in [-0.15, -0.1) is 0 Å². The molecule has 0 saturated carbocycles. The van der Waals surface area contributed by atoms with E-state index in [1.165, 1.54) is 83.5 Å². The molecule has 0 spiro atoms. The van der Waals surface area contributed by atoms with Gasteiger partial charge in [-0.25, -0.2) is 9.13 Å². The Labute approximate surface area is 608 Å². The highest BCUT2D eigenvalue weighted by molar-refractivity contribution is 7.47. The predicted molar refractivity (Wildman–Crippen MR) is 409 cm³/mol. The Morgan fingerprint density at radius 1 is 0.290 bits per heavy atom. The number of carbonyl (C=O) groups is 4. The van der Waals surface area contributed by atoms with Gasteiger partial charge in [0.05, 0.1) is 26.4 Å². The number of rotatable bonds is 75. The van der Waals surface area contributed by atoms with Gasteiger partial charge in [-0.3, -0.25) is 37.3 Å². The van der Waals surface area contributed by atoms with E-state index in [2.05, 4.69) is 113 Å². The first-order chi connectivity index (χ1) is 48.7. The van der Waals surface area contributed by atoms with Crippen molar-refractivity contribution in [2.45, 2.75) is 367 Å². The number of allylic oxidation sites excluding steroid dienone is 14. The minimum Gasteiger partial charge on any atom is -0.462 e. The van der Waals surface area contributed by atoms with Crippen LogP contribution in [0.3, 0.4) is 0 Å². The van der Waals surface area contributed by atoms with Crippen LogP contribution in [0.1, 0.15) is 349 Å². The fourth-order valence-electron chi connectivity index (χ4n) is 10.8. The molecule has 5 unspecified atom stereocenters. The summed E-state index contributed by atoms with van der Waals surface area (Å²) in [4.78, 5) is 73.0. The Balaban J connectivity index is 5.34. The summed E-state index contributed by atoms with van der Waals surface area (Å²) in [6.07, 6.45) is 75.6. The third-order valence-electron chi connectivity index (χ3n) is 16.8. The normalized spacial score (nSPS) is 14.3. The molecule has 3 N–H and O–H groups in total. The molecule has 0 radical (unpaired) electrons. The molecule has 0 aromatic heterocycles. The molecule has 580 valence electrons. The van der Waals surface area contributed by atoms with Crippen LogP contribution < -0.4 is 0 Å². The molecule has 0 saturated heterocycles. The molecule has 17 nitrogen and oxygen atoms in total. The molecule has 0 fully saturated rings. The Bertz CT molecular complexity index is 2230. The first kappa shape index (κ1) is 96.2. The molecule has 0 heterocycles. The van der Waals surface area contributed by atoms with E-state index in [1.54, 1.807) is 0 Å². The van der Waals surface area contributed by atoms with Crippen LogP contribution in [0.25, 0.3) is 0 Å². The lowest BCUT2D eigenvalue weighted by Gasteiger charge is -2.21. The fourth-order valence-corrected chi connectivity index (χ4v) is 12.4. The minimum absolute atomic E-state index is 0.0775. The molecule has 0 aromatic carbocycles. The molecular weight excluding hydrogens is 1310 g/mol. The quantitative estimate of drug-likeness (QED) is 0.0169. The van der Waals surface area contributed by atoms with Crippen molar-refractivity contribution in [1.29, 1.82) is 0 Å². The number of hydrogen-bond donors (Lipinski definition) is 3. The number of aliphatic hydroxyl groups excluding tert-OH is 1. The van der Waals surface area contributed by atoms with Gasteiger partial charge in [0.2, 0.25) is 0 Å². The topological polar surface area (TPSA) is 237 Å². The summed E-state index contributed by atoms with van der Waals surface area (Å²) < 4.78 is 68.6. The SMILES string of the molecule is CC/C=C\C/C=C\C/C=C\CCCCCCCCCC(=O)OCC(COP(=O)(O)OCC(O)COP(=O)(O)OCC(COC(=O)CCCCCCC/C=C\C/C=C\CCCCC)OC(=O)CCCCCCCCCCCCCCCCC)OC(=O)CCCCCCC/C=C\C/C=C\CCC. The first-order valence-corrected chi connectivity index (χ1v) is 42.8. The second-order valence-electron chi connectivity index (χ2n) is 26.6. The Kier molecular flexibility index (Phi) is 70.8. The van der Waals surface area contributed by atoms with Crippen LogP contribution in [0.15, 0.2) is 85.1 Å². The molecule has 0 aliphatic rings. The Hall–Kier alpha value is -3.76. The average Bonchev–Trinajstić information content (AvgIpc) is 0.965. The summed E-state index contributed by atoms with van der Waals surface area (Å²) in [5.41, 5.74) is 0. The molecule has 0 aliphatic carbocycles. The van der Waals surface area contributed by atoms with E-state index in [0.29, 0.717) is 25.7 Å². The lowest BCUT2D eigenvalue weighted by atomic mass is 10.0. The molecular formula is C81H144O17P2. The number of esters is 4. The number of phosphoric ester groups is 2. The lowest BCUT2D eigenvalue weighted by Crippen LogP contribution is -2.30. The molecule has 0 rings (SSSR count). The fraction of sp³-hybridized carbons (Fsp3) is 0.778. The summed E-state index contributed by atoms with van der Waals surface area (Å²) >= 11 is 0. The zero-order chi connectivity index (χ0) is 73.2. The van der Waals surface area contributed by atoms with Crippen molar-refractivity contribution in [1.82, 2.24) is 0 Å². The van der Waals surface area contributed by atoms with Crippen molar-refractivity contribution in [3.05, 3.63) is 85.1 Å². The van der Waals surface area contributed by atoms with Gasteiger partial charge in [0.25, 0.3) is 0 Å². The van der Waals surface area contributed by atoms with Crippen molar-refractivity contribution < 1.29 is 80.2 Å². The van der Waals surface area contributed by atoms with Gasteiger partial charge in [-0.05, 0) is 116 Å². The van der Waals surface area contributed by atoms with Crippen molar-refractivity contribution in [2.24, 2.45) is 0 Å².